The summed E-state index contributed by atoms with van der Waals surface area (Å²) in [5.41, 5.74) is 3.89. The van der Waals surface area contributed by atoms with Crippen LogP contribution in [0.1, 0.15) is 37.6 Å². The number of hydrogen-bond donors (Lipinski definition) is 1. The van der Waals surface area contributed by atoms with Gasteiger partial charge in [0.25, 0.3) is 5.91 Å². The molecular formula is C25H28N6O2S. The third-order valence-corrected chi connectivity index (χ3v) is 6.44. The normalized spacial score (nSPS) is 11.1. The van der Waals surface area contributed by atoms with Crippen LogP contribution in [-0.4, -0.2) is 55.3 Å². The maximum absolute atomic E-state index is 12.5. The Hall–Kier alpha value is -3.46. The van der Waals surface area contributed by atoms with Crippen molar-refractivity contribution in [1.82, 2.24) is 24.6 Å². The van der Waals surface area contributed by atoms with Crippen LogP contribution in [0.5, 0.6) is 0 Å². The molecule has 0 spiro atoms. The first-order valence-corrected chi connectivity index (χ1v) is 12.5. The van der Waals surface area contributed by atoms with E-state index in [0.717, 1.165) is 35.0 Å². The van der Waals surface area contributed by atoms with E-state index >= 15 is 0 Å². The molecule has 8 nitrogen and oxygen atoms in total. The van der Waals surface area contributed by atoms with E-state index in [2.05, 4.69) is 33.1 Å². The minimum Gasteiger partial charge on any atom is -0.339 e. The average Bonchev–Trinajstić information content (AvgIpc) is 3.17. The van der Waals surface area contributed by atoms with Crippen LogP contribution in [0.3, 0.4) is 0 Å². The minimum absolute atomic E-state index is 0.0149. The molecule has 0 atom stereocenters. The predicted molar refractivity (Wildman–Crippen MR) is 136 cm³/mol. The Balaban J connectivity index is 1.43. The first kappa shape index (κ1) is 23.7. The van der Waals surface area contributed by atoms with E-state index in [4.69, 9.17) is 4.98 Å². The van der Waals surface area contributed by atoms with Gasteiger partial charge < -0.3 is 14.8 Å². The van der Waals surface area contributed by atoms with Crippen molar-refractivity contribution in [3.8, 4) is 0 Å². The third kappa shape index (κ3) is 4.89. The van der Waals surface area contributed by atoms with Gasteiger partial charge in [-0.05, 0) is 50.6 Å². The van der Waals surface area contributed by atoms with Gasteiger partial charge in [0.1, 0.15) is 5.52 Å². The highest BCUT2D eigenvalue weighted by atomic mass is 32.2. The smallest absolute Gasteiger partial charge is 0.253 e. The maximum Gasteiger partial charge on any atom is 0.253 e. The third-order valence-electron chi connectivity index (χ3n) is 5.60. The number of nitrogens with zero attached hydrogens (tertiary/aromatic N) is 5. The summed E-state index contributed by atoms with van der Waals surface area (Å²) in [6.07, 6.45) is 0.974. The van der Waals surface area contributed by atoms with Crippen molar-refractivity contribution in [2.75, 3.05) is 24.2 Å². The molecule has 2 aromatic heterocycles. The number of aryl methyl sites for hydroxylation is 1. The van der Waals surface area contributed by atoms with Crippen molar-refractivity contribution in [1.29, 1.82) is 0 Å². The van der Waals surface area contributed by atoms with E-state index in [9.17, 15) is 9.59 Å². The van der Waals surface area contributed by atoms with Crippen LogP contribution >= 0.6 is 11.8 Å². The highest BCUT2D eigenvalue weighted by molar-refractivity contribution is 7.99. The Kier molecular flexibility index (Phi) is 7.42. The lowest BCUT2D eigenvalue weighted by molar-refractivity contribution is -0.113. The Morgan fingerprint density at radius 1 is 1.00 bits per heavy atom. The fraction of sp³-hybridized carbons (Fsp3) is 0.320. The van der Waals surface area contributed by atoms with Gasteiger partial charge in [-0.25, -0.2) is 4.98 Å². The van der Waals surface area contributed by atoms with Crippen LogP contribution in [0.15, 0.2) is 53.7 Å². The molecule has 2 heterocycles. The first-order chi connectivity index (χ1) is 16.5. The van der Waals surface area contributed by atoms with Crippen LogP contribution in [-0.2, 0) is 11.3 Å². The second-order valence-electron chi connectivity index (χ2n) is 7.83. The number of rotatable bonds is 9. The van der Waals surface area contributed by atoms with Crippen LogP contribution in [0.2, 0.25) is 0 Å². The van der Waals surface area contributed by atoms with Gasteiger partial charge in [0.05, 0.1) is 11.3 Å². The Labute approximate surface area is 202 Å². The first-order valence-electron chi connectivity index (χ1n) is 11.5. The van der Waals surface area contributed by atoms with Crippen molar-refractivity contribution < 1.29 is 9.59 Å². The van der Waals surface area contributed by atoms with Gasteiger partial charge in [0.15, 0.2) is 5.65 Å². The molecule has 2 aromatic carbocycles. The Bertz CT molecular complexity index is 1310. The highest BCUT2D eigenvalue weighted by Gasteiger charge is 2.16. The van der Waals surface area contributed by atoms with E-state index in [1.807, 2.05) is 32.0 Å². The summed E-state index contributed by atoms with van der Waals surface area (Å²) in [5.74, 6) is -0.0361. The molecule has 0 aliphatic carbocycles. The van der Waals surface area contributed by atoms with Crippen LogP contribution in [0.25, 0.3) is 22.1 Å². The topological polar surface area (TPSA) is 93.0 Å². The van der Waals surface area contributed by atoms with Gasteiger partial charge in [-0.2, -0.15) is 0 Å². The fourth-order valence-electron chi connectivity index (χ4n) is 3.92. The number of anilines is 1. The minimum atomic E-state index is -0.175. The van der Waals surface area contributed by atoms with Gasteiger partial charge >= 0.3 is 0 Å². The van der Waals surface area contributed by atoms with E-state index in [1.54, 1.807) is 29.2 Å². The van der Waals surface area contributed by atoms with Crippen molar-refractivity contribution in [2.45, 2.75) is 38.9 Å². The predicted octanol–water partition coefficient (Wildman–Crippen LogP) is 4.60. The zero-order valence-corrected chi connectivity index (χ0v) is 20.4. The van der Waals surface area contributed by atoms with Crippen LogP contribution in [0, 0.1) is 0 Å². The van der Waals surface area contributed by atoms with Gasteiger partial charge in [0.2, 0.25) is 11.1 Å². The van der Waals surface area contributed by atoms with E-state index in [-0.39, 0.29) is 17.6 Å². The molecule has 1 N–H and O–H groups in total. The van der Waals surface area contributed by atoms with Crippen LogP contribution < -0.4 is 5.32 Å². The summed E-state index contributed by atoms with van der Waals surface area (Å²) >= 11 is 1.25. The molecule has 34 heavy (non-hydrogen) atoms. The number of carbonyl (C=O) groups excluding carboxylic acids is 2. The second-order valence-corrected chi connectivity index (χ2v) is 8.77. The lowest BCUT2D eigenvalue weighted by atomic mass is 10.2. The van der Waals surface area contributed by atoms with Crippen molar-refractivity contribution >= 4 is 51.3 Å². The molecule has 9 heteroatoms. The molecule has 176 valence electrons. The summed E-state index contributed by atoms with van der Waals surface area (Å²) in [7, 11) is 0. The number of benzene rings is 2. The molecule has 0 saturated carbocycles. The number of nitrogens with one attached hydrogen (secondary N) is 1. The Morgan fingerprint density at radius 2 is 1.74 bits per heavy atom. The summed E-state index contributed by atoms with van der Waals surface area (Å²) in [5, 5.41) is 13.0. The highest BCUT2D eigenvalue weighted by Crippen LogP contribution is 2.27. The number of para-hydroxylation sites is 1. The molecule has 0 bridgehead atoms. The molecular weight excluding hydrogens is 448 g/mol. The zero-order chi connectivity index (χ0) is 24.1. The van der Waals surface area contributed by atoms with Gasteiger partial charge in [-0.15, -0.1) is 10.2 Å². The monoisotopic (exact) mass is 476 g/mol. The fourth-order valence-corrected chi connectivity index (χ4v) is 4.50. The molecule has 0 radical (unpaired) electrons. The lowest BCUT2D eigenvalue weighted by Crippen LogP contribution is -2.30. The number of carbonyl (C=O) groups is 2. The van der Waals surface area contributed by atoms with E-state index < -0.39 is 0 Å². The summed E-state index contributed by atoms with van der Waals surface area (Å²) < 4.78 is 2.16. The largest absolute Gasteiger partial charge is 0.339 e. The number of fused-ring (bicyclic) bond motifs is 3. The van der Waals surface area contributed by atoms with E-state index in [1.165, 1.54) is 11.8 Å². The van der Waals surface area contributed by atoms with Gasteiger partial charge in [0, 0.05) is 36.3 Å². The number of amides is 2. The molecule has 0 aliphatic rings. The summed E-state index contributed by atoms with van der Waals surface area (Å²) in [6.45, 7) is 8.18. The molecule has 0 fully saturated rings. The zero-order valence-electron chi connectivity index (χ0n) is 19.6. The second kappa shape index (κ2) is 10.6. The van der Waals surface area contributed by atoms with Crippen molar-refractivity contribution in [2.24, 2.45) is 0 Å². The lowest BCUT2D eigenvalue weighted by Gasteiger charge is -2.18. The van der Waals surface area contributed by atoms with Crippen LogP contribution in [0.4, 0.5) is 5.69 Å². The van der Waals surface area contributed by atoms with E-state index in [0.29, 0.717) is 29.5 Å². The van der Waals surface area contributed by atoms with Crippen molar-refractivity contribution in [3.63, 3.8) is 0 Å². The summed E-state index contributed by atoms with van der Waals surface area (Å²) in [4.78, 5) is 31.4. The Morgan fingerprint density at radius 3 is 2.44 bits per heavy atom. The number of thioether (sulfide) groups is 1. The maximum atomic E-state index is 12.5. The van der Waals surface area contributed by atoms with Gasteiger partial charge in [-0.1, -0.05) is 36.9 Å². The quantitative estimate of drug-likeness (QED) is 0.355. The van der Waals surface area contributed by atoms with Gasteiger partial charge in [-0.3, -0.25) is 9.59 Å². The molecule has 0 aliphatic heterocycles. The molecule has 0 unspecified atom stereocenters. The molecule has 4 aromatic rings. The average molecular weight is 477 g/mol. The number of aromatic nitrogens is 4. The van der Waals surface area contributed by atoms with Crippen molar-refractivity contribution in [3.05, 3.63) is 54.1 Å². The summed E-state index contributed by atoms with van der Waals surface area (Å²) in [6, 6.07) is 15.0. The molecule has 0 saturated heterocycles. The molecule has 4 rings (SSSR count). The SMILES string of the molecule is CCCn1c2ccccc2c2nnc(SCC(=O)Nc3ccc(C(=O)N(CC)CC)cc3)nc21. The molecule has 2 amide bonds. The standard InChI is InChI=1S/C25H28N6O2S/c1-4-15-31-20-10-8-7-9-19(20)22-23(31)27-25(29-28-22)34-16-21(32)26-18-13-11-17(12-14-18)24(33)30(5-2)6-3/h7-14H,4-6,15-16H2,1-3H3,(H,26,32). The number of hydrogen-bond acceptors (Lipinski definition) is 6.